The normalized spacial score (nSPS) is 12.1. The molecule has 0 aliphatic rings. The van der Waals surface area contributed by atoms with Crippen LogP contribution in [-0.2, 0) is 16.0 Å². The molecule has 1 amide bonds. The summed E-state index contributed by atoms with van der Waals surface area (Å²) in [7, 11) is 0. The van der Waals surface area contributed by atoms with E-state index in [4.69, 9.17) is 14.3 Å². The highest BCUT2D eigenvalue weighted by Gasteiger charge is 2.23. The minimum absolute atomic E-state index is 0.247. The standard InChI is InChI=1S/C20H25NO6/c1-4-5-6-13-9-18(23)27-16-10-14(7-8-15(13)16)26-11-17(22)21-19(12(2)3)20(24)25/h7-10,12,19H,4-6,11H2,1-3H3,(H,21,22)(H,24,25). The second kappa shape index (κ2) is 9.21. The summed E-state index contributed by atoms with van der Waals surface area (Å²) >= 11 is 0. The molecule has 1 atom stereocenters. The molecule has 2 aromatic rings. The first kappa shape index (κ1) is 20.5. The number of hydrogen-bond acceptors (Lipinski definition) is 5. The number of benzene rings is 1. The Morgan fingerprint density at radius 3 is 2.63 bits per heavy atom. The molecule has 0 saturated heterocycles. The first-order chi connectivity index (χ1) is 12.8. The van der Waals surface area contributed by atoms with Gasteiger partial charge in [-0.3, -0.25) is 4.79 Å². The van der Waals surface area contributed by atoms with E-state index in [0.717, 1.165) is 30.2 Å². The number of carbonyl (C=O) groups excluding carboxylic acids is 1. The van der Waals surface area contributed by atoms with Gasteiger partial charge in [0.25, 0.3) is 5.91 Å². The van der Waals surface area contributed by atoms with Gasteiger partial charge in [0, 0.05) is 17.5 Å². The number of rotatable bonds is 9. The number of carboxylic acids is 1. The van der Waals surface area contributed by atoms with Crippen LogP contribution in [-0.4, -0.2) is 29.6 Å². The second-order valence-corrected chi connectivity index (χ2v) is 6.77. The highest BCUT2D eigenvalue weighted by Crippen LogP contribution is 2.23. The maximum atomic E-state index is 12.0. The van der Waals surface area contributed by atoms with Crippen LogP contribution >= 0.6 is 0 Å². The number of amides is 1. The first-order valence-electron chi connectivity index (χ1n) is 9.03. The van der Waals surface area contributed by atoms with Crippen LogP contribution in [0.2, 0.25) is 0 Å². The molecular formula is C20H25NO6. The van der Waals surface area contributed by atoms with E-state index in [1.807, 2.05) is 0 Å². The number of carboxylic acid groups (broad SMARTS) is 1. The van der Waals surface area contributed by atoms with E-state index in [9.17, 15) is 14.4 Å². The Labute approximate surface area is 157 Å². The molecule has 27 heavy (non-hydrogen) atoms. The van der Waals surface area contributed by atoms with E-state index < -0.39 is 23.5 Å². The Morgan fingerprint density at radius 1 is 1.26 bits per heavy atom. The van der Waals surface area contributed by atoms with E-state index in [-0.39, 0.29) is 12.5 Å². The number of ether oxygens (including phenoxy) is 1. The van der Waals surface area contributed by atoms with Gasteiger partial charge in [0.1, 0.15) is 17.4 Å². The summed E-state index contributed by atoms with van der Waals surface area (Å²) in [6.45, 7) is 5.17. The van der Waals surface area contributed by atoms with Crippen molar-refractivity contribution in [1.82, 2.24) is 5.32 Å². The molecule has 0 fully saturated rings. The molecule has 7 heteroatoms. The van der Waals surface area contributed by atoms with Crippen LogP contribution in [0.1, 0.15) is 39.2 Å². The largest absolute Gasteiger partial charge is 0.484 e. The Morgan fingerprint density at radius 2 is 2.00 bits per heavy atom. The van der Waals surface area contributed by atoms with Gasteiger partial charge >= 0.3 is 11.6 Å². The molecule has 0 radical (unpaired) electrons. The van der Waals surface area contributed by atoms with Crippen LogP contribution in [0.3, 0.4) is 0 Å². The van der Waals surface area contributed by atoms with Crippen LogP contribution in [0.5, 0.6) is 5.75 Å². The number of aliphatic carboxylic acids is 1. The Bertz CT molecular complexity index is 870. The fourth-order valence-electron chi connectivity index (χ4n) is 2.75. The van der Waals surface area contributed by atoms with Crippen LogP contribution < -0.4 is 15.7 Å². The quantitative estimate of drug-likeness (QED) is 0.653. The summed E-state index contributed by atoms with van der Waals surface area (Å²) < 4.78 is 10.7. The fourth-order valence-corrected chi connectivity index (χ4v) is 2.75. The number of nitrogens with one attached hydrogen (secondary N) is 1. The number of hydrogen-bond donors (Lipinski definition) is 2. The summed E-state index contributed by atoms with van der Waals surface area (Å²) in [5.74, 6) is -1.51. The van der Waals surface area contributed by atoms with Crippen molar-refractivity contribution in [1.29, 1.82) is 0 Å². The smallest absolute Gasteiger partial charge is 0.336 e. The van der Waals surface area contributed by atoms with Crippen molar-refractivity contribution in [2.45, 2.75) is 46.1 Å². The zero-order valence-corrected chi connectivity index (χ0v) is 15.8. The van der Waals surface area contributed by atoms with E-state index in [1.54, 1.807) is 32.0 Å². The van der Waals surface area contributed by atoms with E-state index in [1.165, 1.54) is 6.07 Å². The van der Waals surface area contributed by atoms with Crippen molar-refractivity contribution in [2.24, 2.45) is 5.92 Å². The maximum Gasteiger partial charge on any atom is 0.336 e. The summed E-state index contributed by atoms with van der Waals surface area (Å²) in [6.07, 6.45) is 2.77. The molecule has 0 aliphatic heterocycles. The highest BCUT2D eigenvalue weighted by atomic mass is 16.5. The van der Waals surface area contributed by atoms with Crippen molar-refractivity contribution < 1.29 is 23.8 Å². The molecule has 1 heterocycles. The van der Waals surface area contributed by atoms with Gasteiger partial charge in [-0.2, -0.15) is 0 Å². The van der Waals surface area contributed by atoms with Gasteiger partial charge in [0.2, 0.25) is 0 Å². The molecule has 0 aliphatic carbocycles. The summed E-state index contributed by atoms with van der Waals surface area (Å²) in [5.41, 5.74) is 0.899. The van der Waals surface area contributed by atoms with Gasteiger partial charge in [-0.05, 0) is 36.5 Å². The summed E-state index contributed by atoms with van der Waals surface area (Å²) in [4.78, 5) is 34.9. The third-order valence-corrected chi connectivity index (χ3v) is 4.22. The number of unbranched alkanes of at least 4 members (excludes halogenated alkanes) is 1. The predicted octanol–water partition coefficient (Wildman–Crippen LogP) is 2.74. The van der Waals surface area contributed by atoms with Crippen molar-refractivity contribution in [3.63, 3.8) is 0 Å². The number of fused-ring (bicyclic) bond motifs is 1. The fraction of sp³-hybridized carbons (Fsp3) is 0.450. The molecule has 7 nitrogen and oxygen atoms in total. The zero-order valence-electron chi connectivity index (χ0n) is 15.8. The second-order valence-electron chi connectivity index (χ2n) is 6.77. The maximum absolute atomic E-state index is 12.0. The zero-order chi connectivity index (χ0) is 20.0. The Balaban J connectivity index is 2.10. The molecule has 2 rings (SSSR count). The Hall–Kier alpha value is -2.83. The summed E-state index contributed by atoms with van der Waals surface area (Å²) in [6, 6.07) is 5.59. The molecule has 0 spiro atoms. The monoisotopic (exact) mass is 375 g/mol. The van der Waals surface area contributed by atoms with Crippen LogP contribution in [0.15, 0.2) is 33.5 Å². The molecular weight excluding hydrogens is 350 g/mol. The van der Waals surface area contributed by atoms with Gasteiger partial charge < -0.3 is 19.6 Å². The molecule has 0 saturated carbocycles. The lowest BCUT2D eigenvalue weighted by molar-refractivity contribution is -0.143. The summed E-state index contributed by atoms with van der Waals surface area (Å²) in [5, 5.41) is 12.4. The van der Waals surface area contributed by atoms with Gasteiger partial charge in [0.15, 0.2) is 6.61 Å². The lowest BCUT2D eigenvalue weighted by Crippen LogP contribution is -2.46. The minimum Gasteiger partial charge on any atom is -0.484 e. The molecule has 1 aromatic carbocycles. The predicted molar refractivity (Wildman–Crippen MR) is 101 cm³/mol. The van der Waals surface area contributed by atoms with E-state index >= 15 is 0 Å². The molecule has 1 unspecified atom stereocenters. The van der Waals surface area contributed by atoms with Gasteiger partial charge in [-0.1, -0.05) is 27.2 Å². The highest BCUT2D eigenvalue weighted by molar-refractivity contribution is 5.85. The van der Waals surface area contributed by atoms with Crippen molar-refractivity contribution in [2.75, 3.05) is 6.61 Å². The van der Waals surface area contributed by atoms with Crippen molar-refractivity contribution in [3.05, 3.63) is 40.2 Å². The molecule has 2 N–H and O–H groups in total. The van der Waals surface area contributed by atoms with Crippen LogP contribution in [0.4, 0.5) is 0 Å². The van der Waals surface area contributed by atoms with E-state index in [2.05, 4.69) is 12.2 Å². The SMILES string of the molecule is CCCCc1cc(=O)oc2cc(OCC(=O)NC(C(=O)O)C(C)C)ccc12. The van der Waals surface area contributed by atoms with Gasteiger partial charge in [-0.15, -0.1) is 0 Å². The molecule has 0 bridgehead atoms. The van der Waals surface area contributed by atoms with Crippen molar-refractivity contribution >= 4 is 22.8 Å². The van der Waals surface area contributed by atoms with Crippen molar-refractivity contribution in [3.8, 4) is 5.75 Å². The third-order valence-electron chi connectivity index (χ3n) is 4.22. The van der Waals surface area contributed by atoms with Gasteiger partial charge in [0.05, 0.1) is 0 Å². The molecule has 146 valence electrons. The lowest BCUT2D eigenvalue weighted by atomic mass is 10.0. The average molecular weight is 375 g/mol. The third kappa shape index (κ3) is 5.57. The topological polar surface area (TPSA) is 106 Å². The average Bonchev–Trinajstić information content (AvgIpc) is 2.61. The Kier molecular flexibility index (Phi) is 6.98. The first-order valence-corrected chi connectivity index (χ1v) is 9.03. The van der Waals surface area contributed by atoms with E-state index in [0.29, 0.717) is 11.3 Å². The minimum atomic E-state index is -1.09. The van der Waals surface area contributed by atoms with Crippen LogP contribution in [0.25, 0.3) is 11.0 Å². The van der Waals surface area contributed by atoms with Gasteiger partial charge in [-0.25, -0.2) is 9.59 Å². The number of carbonyl (C=O) groups is 2. The number of aryl methyl sites for hydroxylation is 1. The van der Waals surface area contributed by atoms with Crippen LogP contribution in [0, 0.1) is 5.92 Å². The molecule has 1 aromatic heterocycles. The lowest BCUT2D eigenvalue weighted by Gasteiger charge is -2.18.